The van der Waals surface area contributed by atoms with Crippen LogP contribution in [0.2, 0.25) is 10.2 Å². The quantitative estimate of drug-likeness (QED) is 0.714. The van der Waals surface area contributed by atoms with Gasteiger partial charge in [-0.05, 0) is 24.3 Å². The van der Waals surface area contributed by atoms with E-state index in [4.69, 9.17) is 27.9 Å². The number of thiazole rings is 1. The van der Waals surface area contributed by atoms with Gasteiger partial charge in [-0.2, -0.15) is 0 Å². The summed E-state index contributed by atoms with van der Waals surface area (Å²) in [4.78, 5) is 20.4. The molecule has 0 aliphatic heterocycles. The molecule has 0 saturated heterocycles. The maximum absolute atomic E-state index is 12.2. The predicted molar refractivity (Wildman–Crippen MR) is 88.4 cm³/mol. The van der Waals surface area contributed by atoms with E-state index >= 15 is 0 Å². The second kappa shape index (κ2) is 6.08. The molecule has 0 aliphatic carbocycles. The number of benzene rings is 1. The number of pyridine rings is 1. The first-order valence-corrected chi connectivity index (χ1v) is 7.71. The summed E-state index contributed by atoms with van der Waals surface area (Å²) in [7, 11) is 1.60. The molecular formula is C14H9Cl2N3O2S. The largest absolute Gasteiger partial charge is 0.497 e. The van der Waals surface area contributed by atoms with E-state index < -0.39 is 0 Å². The Morgan fingerprint density at radius 3 is 2.86 bits per heavy atom. The fourth-order valence-electron chi connectivity index (χ4n) is 1.80. The van der Waals surface area contributed by atoms with Gasteiger partial charge >= 0.3 is 0 Å². The van der Waals surface area contributed by atoms with Crippen LogP contribution in [-0.2, 0) is 0 Å². The van der Waals surface area contributed by atoms with E-state index in [-0.39, 0.29) is 16.1 Å². The van der Waals surface area contributed by atoms with E-state index in [1.807, 2.05) is 18.2 Å². The third-order valence-corrected chi connectivity index (χ3v) is 4.49. The molecular weight excluding hydrogens is 345 g/mol. The van der Waals surface area contributed by atoms with Crippen molar-refractivity contribution in [1.82, 2.24) is 9.97 Å². The van der Waals surface area contributed by atoms with E-state index in [0.29, 0.717) is 10.7 Å². The lowest BCUT2D eigenvalue weighted by Gasteiger charge is -2.02. The van der Waals surface area contributed by atoms with Crippen molar-refractivity contribution in [2.45, 2.75) is 0 Å². The number of carbonyl (C=O) groups is 1. The minimum Gasteiger partial charge on any atom is -0.497 e. The zero-order valence-corrected chi connectivity index (χ0v) is 13.6. The van der Waals surface area contributed by atoms with Crippen LogP contribution in [0, 0.1) is 0 Å². The lowest BCUT2D eigenvalue weighted by Crippen LogP contribution is -2.12. The van der Waals surface area contributed by atoms with Gasteiger partial charge in [0.1, 0.15) is 10.9 Å². The number of hydrogen-bond donors (Lipinski definition) is 1. The van der Waals surface area contributed by atoms with Gasteiger partial charge in [-0.15, -0.1) is 0 Å². The van der Waals surface area contributed by atoms with Gasteiger partial charge in [0.15, 0.2) is 5.13 Å². The van der Waals surface area contributed by atoms with Crippen molar-refractivity contribution in [3.8, 4) is 5.75 Å². The van der Waals surface area contributed by atoms with Crippen LogP contribution >= 0.6 is 34.5 Å². The van der Waals surface area contributed by atoms with Gasteiger partial charge in [0.2, 0.25) is 0 Å². The van der Waals surface area contributed by atoms with Crippen molar-refractivity contribution in [3.05, 3.63) is 46.2 Å². The number of nitrogens with one attached hydrogen (secondary N) is 1. The smallest absolute Gasteiger partial charge is 0.259 e. The second-order valence-corrected chi connectivity index (χ2v) is 6.10. The highest BCUT2D eigenvalue weighted by Gasteiger charge is 2.12. The Bertz CT molecular complexity index is 866. The van der Waals surface area contributed by atoms with Crippen molar-refractivity contribution in [3.63, 3.8) is 0 Å². The molecule has 2 heterocycles. The highest BCUT2D eigenvalue weighted by Crippen LogP contribution is 2.29. The summed E-state index contributed by atoms with van der Waals surface area (Å²) in [5.41, 5.74) is 1.10. The molecule has 0 aliphatic rings. The molecule has 0 radical (unpaired) electrons. The molecule has 0 fully saturated rings. The predicted octanol–water partition coefficient (Wildman–Crippen LogP) is 4.26. The summed E-state index contributed by atoms with van der Waals surface area (Å²) in [6, 6.07) is 6.98. The Balaban J connectivity index is 1.85. The fourth-order valence-corrected chi connectivity index (χ4v) is 2.96. The third kappa shape index (κ3) is 2.99. The maximum atomic E-state index is 12.2. The monoisotopic (exact) mass is 353 g/mol. The average molecular weight is 354 g/mol. The number of aromatic nitrogens is 2. The van der Waals surface area contributed by atoms with Crippen molar-refractivity contribution in [2.75, 3.05) is 12.4 Å². The molecule has 0 bridgehead atoms. The molecule has 8 heteroatoms. The zero-order valence-electron chi connectivity index (χ0n) is 11.3. The molecule has 0 atom stereocenters. The Kier molecular flexibility index (Phi) is 4.15. The van der Waals surface area contributed by atoms with Crippen LogP contribution in [0.5, 0.6) is 5.75 Å². The number of halogens is 2. The van der Waals surface area contributed by atoms with Gasteiger partial charge in [0.05, 0.1) is 27.9 Å². The van der Waals surface area contributed by atoms with Gasteiger partial charge in [-0.25, -0.2) is 9.97 Å². The number of rotatable bonds is 3. The molecule has 0 saturated carbocycles. The Morgan fingerprint density at radius 1 is 1.32 bits per heavy atom. The number of anilines is 1. The maximum Gasteiger partial charge on any atom is 0.259 e. The zero-order chi connectivity index (χ0) is 15.7. The molecule has 1 N–H and O–H groups in total. The summed E-state index contributed by atoms with van der Waals surface area (Å²) in [6.45, 7) is 0. The van der Waals surface area contributed by atoms with E-state index in [0.717, 1.165) is 16.0 Å². The topological polar surface area (TPSA) is 64.1 Å². The SMILES string of the molecule is COc1ccc2nc(NC(=O)c3cnc(Cl)c(Cl)c3)sc2c1. The molecule has 3 aromatic rings. The highest BCUT2D eigenvalue weighted by molar-refractivity contribution is 7.22. The molecule has 3 rings (SSSR count). The standard InChI is InChI=1S/C14H9Cl2N3O2S/c1-21-8-2-3-10-11(5-8)22-14(18-10)19-13(20)7-4-9(15)12(16)17-6-7/h2-6H,1H3,(H,18,19,20). The van der Waals surface area contributed by atoms with Gasteiger partial charge in [0, 0.05) is 6.20 Å². The van der Waals surface area contributed by atoms with Crippen molar-refractivity contribution >= 4 is 55.8 Å². The van der Waals surface area contributed by atoms with Crippen LogP contribution in [0.25, 0.3) is 10.2 Å². The number of amides is 1. The van der Waals surface area contributed by atoms with Crippen molar-refractivity contribution in [2.24, 2.45) is 0 Å². The molecule has 112 valence electrons. The molecule has 2 aromatic heterocycles. The molecule has 1 aromatic carbocycles. The molecule has 5 nitrogen and oxygen atoms in total. The number of methoxy groups -OCH3 is 1. The minimum absolute atomic E-state index is 0.158. The Morgan fingerprint density at radius 2 is 2.14 bits per heavy atom. The minimum atomic E-state index is -0.350. The van der Waals surface area contributed by atoms with Gasteiger partial charge in [0.25, 0.3) is 5.91 Å². The summed E-state index contributed by atoms with van der Waals surface area (Å²) < 4.78 is 6.08. The van der Waals surface area contributed by atoms with Gasteiger partial charge < -0.3 is 4.74 Å². The van der Waals surface area contributed by atoms with Crippen LogP contribution in [0.1, 0.15) is 10.4 Å². The van der Waals surface area contributed by atoms with Crippen molar-refractivity contribution < 1.29 is 9.53 Å². The third-order valence-electron chi connectivity index (χ3n) is 2.87. The number of ether oxygens (including phenoxy) is 1. The number of carbonyl (C=O) groups excluding carboxylic acids is 1. The molecule has 0 spiro atoms. The van der Waals surface area contributed by atoms with Crippen molar-refractivity contribution in [1.29, 1.82) is 0 Å². The fraction of sp³-hybridized carbons (Fsp3) is 0.0714. The first-order chi connectivity index (χ1) is 10.6. The summed E-state index contributed by atoms with van der Waals surface area (Å²) in [6.07, 6.45) is 1.36. The van der Waals surface area contributed by atoms with Gasteiger partial charge in [-0.3, -0.25) is 10.1 Å². The summed E-state index contributed by atoms with van der Waals surface area (Å²) >= 11 is 12.9. The average Bonchev–Trinajstić information content (AvgIpc) is 2.90. The van der Waals surface area contributed by atoms with Crippen LogP contribution in [-0.4, -0.2) is 23.0 Å². The van der Waals surface area contributed by atoms with E-state index in [9.17, 15) is 4.79 Å². The lowest BCUT2D eigenvalue weighted by atomic mass is 10.3. The van der Waals surface area contributed by atoms with Crippen LogP contribution in [0.3, 0.4) is 0 Å². The van der Waals surface area contributed by atoms with Crippen LogP contribution in [0.4, 0.5) is 5.13 Å². The van der Waals surface area contributed by atoms with Gasteiger partial charge in [-0.1, -0.05) is 34.5 Å². The van der Waals surface area contributed by atoms with E-state index in [1.165, 1.54) is 23.6 Å². The lowest BCUT2D eigenvalue weighted by molar-refractivity contribution is 0.102. The number of nitrogens with zero attached hydrogens (tertiary/aromatic N) is 2. The first-order valence-electron chi connectivity index (χ1n) is 6.14. The van der Waals surface area contributed by atoms with E-state index in [1.54, 1.807) is 7.11 Å². The van der Waals surface area contributed by atoms with E-state index in [2.05, 4.69) is 15.3 Å². The normalized spacial score (nSPS) is 10.7. The summed E-state index contributed by atoms with van der Waals surface area (Å²) in [5.74, 6) is 0.389. The van der Waals surface area contributed by atoms with Crippen LogP contribution in [0.15, 0.2) is 30.5 Å². The number of fused-ring (bicyclic) bond motifs is 1. The molecule has 0 unspecified atom stereocenters. The highest BCUT2D eigenvalue weighted by atomic mass is 35.5. The summed E-state index contributed by atoms with van der Waals surface area (Å²) in [5, 5.41) is 3.59. The number of hydrogen-bond acceptors (Lipinski definition) is 5. The Labute approximate surface area is 139 Å². The first kappa shape index (κ1) is 15.0. The second-order valence-electron chi connectivity index (χ2n) is 4.30. The van der Waals surface area contributed by atoms with Crippen LogP contribution < -0.4 is 10.1 Å². The Hall–Kier alpha value is -1.89. The molecule has 1 amide bonds. The molecule has 22 heavy (non-hydrogen) atoms.